The van der Waals surface area contributed by atoms with Crippen molar-refractivity contribution in [1.82, 2.24) is 15.1 Å². The number of carbonyl (C=O) groups excluding carboxylic acids is 1. The topological polar surface area (TPSA) is 58.2 Å². The molecule has 5 heteroatoms. The van der Waals surface area contributed by atoms with Crippen LogP contribution in [-0.2, 0) is 27.9 Å². The first-order chi connectivity index (χ1) is 12.9. The van der Waals surface area contributed by atoms with Gasteiger partial charge < -0.3 is 9.64 Å². The predicted octanol–water partition coefficient (Wildman–Crippen LogP) is 3.52. The minimum Gasteiger partial charge on any atom is -0.376 e. The summed E-state index contributed by atoms with van der Waals surface area (Å²) in [5.74, 6) is 0.239. The van der Waals surface area contributed by atoms with E-state index in [1.54, 1.807) is 0 Å². The molecule has 1 aromatic carbocycles. The molecular weight excluding hydrogens is 338 g/mol. The molecular formula is C22H29N3O2. The van der Waals surface area contributed by atoms with Crippen molar-refractivity contribution in [2.45, 2.75) is 64.0 Å². The van der Waals surface area contributed by atoms with Gasteiger partial charge in [-0.2, -0.15) is 5.10 Å². The lowest BCUT2D eigenvalue weighted by molar-refractivity contribution is -0.137. The number of benzene rings is 1. The van der Waals surface area contributed by atoms with E-state index < -0.39 is 0 Å². The third kappa shape index (κ3) is 3.53. The van der Waals surface area contributed by atoms with Crippen molar-refractivity contribution in [1.29, 1.82) is 0 Å². The smallest absolute Gasteiger partial charge is 0.223 e. The third-order valence-corrected chi connectivity index (χ3v) is 6.20. The Morgan fingerprint density at radius 1 is 1.33 bits per heavy atom. The Kier molecular flexibility index (Phi) is 4.58. The van der Waals surface area contributed by atoms with Crippen molar-refractivity contribution in [2.24, 2.45) is 0 Å². The van der Waals surface area contributed by atoms with E-state index in [2.05, 4.69) is 55.2 Å². The molecule has 2 aliphatic heterocycles. The molecule has 1 atom stereocenters. The lowest BCUT2D eigenvalue weighted by atomic mass is 9.66. The molecule has 27 heavy (non-hydrogen) atoms. The molecule has 1 N–H and O–H groups in total. The fourth-order valence-electron chi connectivity index (χ4n) is 4.96. The second-order valence-corrected chi connectivity index (χ2v) is 8.75. The molecule has 2 aliphatic rings. The molecule has 0 saturated carbocycles. The zero-order chi connectivity index (χ0) is 19.1. The summed E-state index contributed by atoms with van der Waals surface area (Å²) in [4.78, 5) is 15.4. The van der Waals surface area contributed by atoms with Crippen LogP contribution in [0.1, 0.15) is 55.5 Å². The van der Waals surface area contributed by atoms with Crippen molar-refractivity contribution in [3.05, 3.63) is 52.8 Å². The first kappa shape index (κ1) is 18.2. The summed E-state index contributed by atoms with van der Waals surface area (Å²) in [5.41, 5.74) is 4.49. The highest BCUT2D eigenvalue weighted by Crippen LogP contribution is 2.45. The SMILES string of the molecule is Cc1ccccc1C1(CC(=O)N2CCc3[nH]ncc3C2)CCOC(C)(C)C1. The summed E-state index contributed by atoms with van der Waals surface area (Å²) < 4.78 is 6.01. The number of hydrogen-bond donors (Lipinski definition) is 1. The van der Waals surface area contributed by atoms with Crippen LogP contribution in [0, 0.1) is 6.92 Å². The summed E-state index contributed by atoms with van der Waals surface area (Å²) >= 11 is 0. The number of nitrogens with zero attached hydrogens (tertiary/aromatic N) is 2. The van der Waals surface area contributed by atoms with Crippen molar-refractivity contribution in [2.75, 3.05) is 13.2 Å². The van der Waals surface area contributed by atoms with Crippen molar-refractivity contribution < 1.29 is 9.53 Å². The number of ether oxygens (including phenoxy) is 1. The van der Waals surface area contributed by atoms with Crippen LogP contribution in [0.5, 0.6) is 0 Å². The number of hydrogen-bond acceptors (Lipinski definition) is 3. The lowest BCUT2D eigenvalue weighted by Crippen LogP contribution is -2.48. The highest BCUT2D eigenvalue weighted by atomic mass is 16.5. The second kappa shape index (κ2) is 6.79. The van der Waals surface area contributed by atoms with E-state index in [4.69, 9.17) is 4.74 Å². The monoisotopic (exact) mass is 367 g/mol. The zero-order valence-corrected chi connectivity index (χ0v) is 16.5. The third-order valence-electron chi connectivity index (χ3n) is 6.20. The summed E-state index contributed by atoms with van der Waals surface area (Å²) in [7, 11) is 0. The molecule has 0 spiro atoms. The minimum atomic E-state index is -0.222. The Bertz CT molecular complexity index is 842. The maximum atomic E-state index is 13.4. The van der Waals surface area contributed by atoms with E-state index in [-0.39, 0.29) is 16.9 Å². The maximum absolute atomic E-state index is 13.4. The Morgan fingerprint density at radius 2 is 2.15 bits per heavy atom. The Labute approximate surface area is 161 Å². The molecule has 2 aromatic rings. The van der Waals surface area contributed by atoms with E-state index in [9.17, 15) is 4.79 Å². The van der Waals surface area contributed by atoms with Gasteiger partial charge >= 0.3 is 0 Å². The predicted molar refractivity (Wildman–Crippen MR) is 104 cm³/mol. The molecule has 1 aromatic heterocycles. The number of aromatic amines is 1. The molecule has 3 heterocycles. The number of nitrogens with one attached hydrogen (secondary N) is 1. The molecule has 5 nitrogen and oxygen atoms in total. The molecule has 1 amide bonds. The van der Waals surface area contributed by atoms with Crippen LogP contribution in [0.2, 0.25) is 0 Å². The average Bonchev–Trinajstić information content (AvgIpc) is 3.08. The molecule has 0 aliphatic carbocycles. The van der Waals surface area contributed by atoms with Gasteiger partial charge in [-0.05, 0) is 44.7 Å². The van der Waals surface area contributed by atoms with E-state index in [1.165, 1.54) is 16.8 Å². The fraction of sp³-hybridized carbons (Fsp3) is 0.545. The minimum absolute atomic E-state index is 0.166. The molecule has 4 rings (SSSR count). The van der Waals surface area contributed by atoms with Crippen LogP contribution >= 0.6 is 0 Å². The van der Waals surface area contributed by atoms with Crippen LogP contribution in [0.15, 0.2) is 30.5 Å². The van der Waals surface area contributed by atoms with Gasteiger partial charge in [-0.15, -0.1) is 0 Å². The summed E-state index contributed by atoms with van der Waals surface area (Å²) in [6.07, 6.45) is 4.99. The number of fused-ring (bicyclic) bond motifs is 1. The molecule has 1 fully saturated rings. The number of rotatable bonds is 3. The van der Waals surface area contributed by atoms with Gasteiger partial charge in [-0.25, -0.2) is 0 Å². The van der Waals surface area contributed by atoms with E-state index in [1.807, 2.05) is 11.1 Å². The fourth-order valence-corrected chi connectivity index (χ4v) is 4.96. The summed E-state index contributed by atoms with van der Waals surface area (Å²) in [6, 6.07) is 8.52. The summed E-state index contributed by atoms with van der Waals surface area (Å²) in [5, 5.41) is 7.17. The maximum Gasteiger partial charge on any atom is 0.223 e. The Balaban J connectivity index is 1.62. The van der Waals surface area contributed by atoms with Crippen molar-refractivity contribution in [3.63, 3.8) is 0 Å². The Hall–Kier alpha value is -2.14. The first-order valence-electron chi connectivity index (χ1n) is 9.88. The van der Waals surface area contributed by atoms with Gasteiger partial charge in [-0.1, -0.05) is 24.3 Å². The Morgan fingerprint density at radius 3 is 2.93 bits per heavy atom. The highest BCUT2D eigenvalue weighted by Gasteiger charge is 2.45. The number of aryl methyl sites for hydroxylation is 1. The van der Waals surface area contributed by atoms with E-state index >= 15 is 0 Å². The molecule has 0 radical (unpaired) electrons. The van der Waals surface area contributed by atoms with Crippen LogP contribution < -0.4 is 0 Å². The van der Waals surface area contributed by atoms with Crippen molar-refractivity contribution in [3.8, 4) is 0 Å². The first-order valence-corrected chi connectivity index (χ1v) is 9.88. The second-order valence-electron chi connectivity index (χ2n) is 8.75. The van der Waals surface area contributed by atoms with Gasteiger partial charge in [0.05, 0.1) is 11.8 Å². The van der Waals surface area contributed by atoms with Gasteiger partial charge in [-0.3, -0.25) is 9.89 Å². The largest absolute Gasteiger partial charge is 0.376 e. The molecule has 144 valence electrons. The van der Waals surface area contributed by atoms with E-state index in [0.29, 0.717) is 19.6 Å². The quantitative estimate of drug-likeness (QED) is 0.903. The number of H-pyrrole nitrogens is 1. The highest BCUT2D eigenvalue weighted by molar-refractivity contribution is 5.78. The van der Waals surface area contributed by atoms with Gasteiger partial charge in [0.1, 0.15) is 0 Å². The van der Waals surface area contributed by atoms with Gasteiger partial charge in [0, 0.05) is 49.2 Å². The molecule has 1 saturated heterocycles. The van der Waals surface area contributed by atoms with Gasteiger partial charge in [0.25, 0.3) is 0 Å². The zero-order valence-electron chi connectivity index (χ0n) is 16.5. The van der Waals surface area contributed by atoms with Crippen molar-refractivity contribution >= 4 is 5.91 Å². The molecule has 1 unspecified atom stereocenters. The van der Waals surface area contributed by atoms with Crippen LogP contribution in [0.3, 0.4) is 0 Å². The number of amides is 1. The standard InChI is InChI=1S/C22H29N3O2/c1-16-6-4-5-7-18(16)22(9-11-27-21(2,3)15-22)12-20(26)25-10-8-19-17(14-25)13-23-24-19/h4-7,13H,8-12,14-15H2,1-3H3,(H,23,24). The number of aromatic nitrogens is 2. The van der Waals surface area contributed by atoms with Gasteiger partial charge in [0.15, 0.2) is 0 Å². The number of carbonyl (C=O) groups is 1. The lowest BCUT2D eigenvalue weighted by Gasteiger charge is -2.46. The van der Waals surface area contributed by atoms with Crippen LogP contribution in [0.4, 0.5) is 0 Å². The molecule has 0 bridgehead atoms. The van der Waals surface area contributed by atoms with Crippen LogP contribution in [0.25, 0.3) is 0 Å². The van der Waals surface area contributed by atoms with E-state index in [0.717, 1.165) is 31.4 Å². The summed E-state index contributed by atoms with van der Waals surface area (Å²) in [6.45, 7) is 8.56. The van der Waals surface area contributed by atoms with Crippen LogP contribution in [-0.4, -0.2) is 39.8 Å². The van der Waals surface area contributed by atoms with Gasteiger partial charge in [0.2, 0.25) is 5.91 Å². The normalized spacial score (nSPS) is 24.5. The average molecular weight is 367 g/mol.